The molecule has 0 amide bonds. The fraction of sp³-hybridized carbons (Fsp3) is 0.385. The van der Waals surface area contributed by atoms with Gasteiger partial charge in [0, 0.05) is 31.3 Å². The standard InChI is InChI=1S/C13H18N4O/c1-14-11-6-4-10(5-7-11)13-15-12(16-18-13)8-9-17(2)3/h4-7,14H,8-9H2,1-3H3. The molecule has 1 N–H and O–H groups in total. The molecule has 1 heterocycles. The van der Waals surface area contributed by atoms with Crippen LogP contribution in [0.4, 0.5) is 5.69 Å². The molecule has 0 spiro atoms. The van der Waals surface area contributed by atoms with Gasteiger partial charge in [0.05, 0.1) is 0 Å². The van der Waals surface area contributed by atoms with Gasteiger partial charge in [-0.3, -0.25) is 0 Å². The summed E-state index contributed by atoms with van der Waals surface area (Å²) in [6, 6.07) is 7.90. The highest BCUT2D eigenvalue weighted by atomic mass is 16.5. The Kier molecular flexibility index (Phi) is 3.94. The third-order valence-electron chi connectivity index (χ3n) is 2.67. The summed E-state index contributed by atoms with van der Waals surface area (Å²) in [6.45, 7) is 0.914. The van der Waals surface area contributed by atoms with Gasteiger partial charge in [-0.25, -0.2) is 0 Å². The highest BCUT2D eigenvalue weighted by molar-refractivity contribution is 5.58. The Morgan fingerprint density at radius 2 is 1.94 bits per heavy atom. The Labute approximate surface area is 107 Å². The van der Waals surface area contributed by atoms with E-state index in [1.54, 1.807) is 0 Å². The Morgan fingerprint density at radius 3 is 2.56 bits per heavy atom. The van der Waals surface area contributed by atoms with Crippen molar-refractivity contribution in [2.45, 2.75) is 6.42 Å². The second-order valence-electron chi connectivity index (χ2n) is 4.40. The van der Waals surface area contributed by atoms with Gasteiger partial charge in [-0.2, -0.15) is 4.98 Å². The van der Waals surface area contributed by atoms with Crippen LogP contribution in [0.25, 0.3) is 11.5 Å². The maximum absolute atomic E-state index is 5.26. The van der Waals surface area contributed by atoms with E-state index in [2.05, 4.69) is 20.4 Å². The number of likely N-dealkylation sites (N-methyl/N-ethyl adjacent to an activating group) is 1. The molecular weight excluding hydrogens is 228 g/mol. The topological polar surface area (TPSA) is 54.2 Å². The number of aromatic nitrogens is 2. The average Bonchev–Trinajstić information content (AvgIpc) is 2.85. The summed E-state index contributed by atoms with van der Waals surface area (Å²) in [7, 11) is 5.94. The molecule has 0 unspecified atom stereocenters. The fourth-order valence-electron chi connectivity index (χ4n) is 1.58. The van der Waals surface area contributed by atoms with Gasteiger partial charge in [-0.15, -0.1) is 0 Å². The maximum Gasteiger partial charge on any atom is 0.257 e. The monoisotopic (exact) mass is 246 g/mol. The number of nitrogens with one attached hydrogen (secondary N) is 1. The number of benzene rings is 1. The Hall–Kier alpha value is -1.88. The molecular formula is C13H18N4O. The zero-order chi connectivity index (χ0) is 13.0. The molecule has 0 bridgehead atoms. The van der Waals surface area contributed by atoms with Crippen molar-refractivity contribution in [2.75, 3.05) is 33.0 Å². The summed E-state index contributed by atoms with van der Waals surface area (Å²) in [4.78, 5) is 6.48. The van der Waals surface area contributed by atoms with Gasteiger partial charge in [0.2, 0.25) is 0 Å². The molecule has 96 valence electrons. The minimum absolute atomic E-state index is 0.575. The van der Waals surface area contributed by atoms with Crippen molar-refractivity contribution < 1.29 is 4.52 Å². The van der Waals surface area contributed by atoms with Crippen molar-refractivity contribution in [3.05, 3.63) is 30.1 Å². The first-order valence-electron chi connectivity index (χ1n) is 5.94. The predicted octanol–water partition coefficient (Wildman–Crippen LogP) is 1.88. The molecule has 0 aliphatic rings. The molecule has 2 rings (SSSR count). The van der Waals surface area contributed by atoms with Crippen molar-refractivity contribution in [3.8, 4) is 11.5 Å². The fourth-order valence-corrected chi connectivity index (χ4v) is 1.58. The number of anilines is 1. The summed E-state index contributed by atoms with van der Waals surface area (Å²) >= 11 is 0. The zero-order valence-corrected chi connectivity index (χ0v) is 11.0. The van der Waals surface area contributed by atoms with Crippen LogP contribution in [0.3, 0.4) is 0 Å². The van der Waals surface area contributed by atoms with E-state index in [-0.39, 0.29) is 0 Å². The maximum atomic E-state index is 5.26. The van der Waals surface area contributed by atoms with Crippen LogP contribution in [0.1, 0.15) is 5.82 Å². The summed E-state index contributed by atoms with van der Waals surface area (Å²) < 4.78 is 5.26. The number of hydrogen-bond acceptors (Lipinski definition) is 5. The summed E-state index contributed by atoms with van der Waals surface area (Å²) in [6.07, 6.45) is 0.797. The van der Waals surface area contributed by atoms with E-state index >= 15 is 0 Å². The van der Waals surface area contributed by atoms with Crippen LogP contribution < -0.4 is 5.32 Å². The van der Waals surface area contributed by atoms with Crippen molar-refractivity contribution >= 4 is 5.69 Å². The van der Waals surface area contributed by atoms with Gasteiger partial charge in [-0.05, 0) is 38.4 Å². The van der Waals surface area contributed by atoms with Gasteiger partial charge in [0.1, 0.15) is 0 Å². The lowest BCUT2D eigenvalue weighted by atomic mass is 10.2. The normalized spacial score (nSPS) is 10.9. The van der Waals surface area contributed by atoms with E-state index in [0.29, 0.717) is 5.89 Å². The zero-order valence-electron chi connectivity index (χ0n) is 11.0. The number of nitrogens with zero attached hydrogens (tertiary/aromatic N) is 3. The highest BCUT2D eigenvalue weighted by Crippen LogP contribution is 2.19. The van der Waals surface area contributed by atoms with Crippen molar-refractivity contribution in [1.82, 2.24) is 15.0 Å². The molecule has 18 heavy (non-hydrogen) atoms. The number of hydrogen-bond donors (Lipinski definition) is 1. The largest absolute Gasteiger partial charge is 0.388 e. The first-order valence-corrected chi connectivity index (χ1v) is 5.94. The van der Waals surface area contributed by atoms with Gasteiger partial charge in [0.25, 0.3) is 5.89 Å². The predicted molar refractivity (Wildman–Crippen MR) is 71.5 cm³/mol. The molecule has 2 aromatic rings. The Morgan fingerprint density at radius 1 is 1.22 bits per heavy atom. The lowest BCUT2D eigenvalue weighted by molar-refractivity contribution is 0.392. The first kappa shape index (κ1) is 12.6. The van der Waals surface area contributed by atoms with Crippen LogP contribution in [-0.4, -0.2) is 42.7 Å². The molecule has 1 aromatic heterocycles. The van der Waals surface area contributed by atoms with Crippen molar-refractivity contribution in [2.24, 2.45) is 0 Å². The van der Waals surface area contributed by atoms with E-state index in [9.17, 15) is 0 Å². The Balaban J connectivity index is 2.08. The average molecular weight is 246 g/mol. The lowest BCUT2D eigenvalue weighted by Gasteiger charge is -2.05. The summed E-state index contributed by atoms with van der Waals surface area (Å²) in [5.74, 6) is 1.32. The minimum atomic E-state index is 0.575. The molecule has 0 radical (unpaired) electrons. The minimum Gasteiger partial charge on any atom is -0.388 e. The van der Waals surface area contributed by atoms with E-state index < -0.39 is 0 Å². The van der Waals surface area contributed by atoms with E-state index in [1.165, 1.54) is 0 Å². The molecule has 0 saturated heterocycles. The highest BCUT2D eigenvalue weighted by Gasteiger charge is 2.08. The summed E-state index contributed by atoms with van der Waals surface area (Å²) in [5.41, 5.74) is 2.00. The lowest BCUT2D eigenvalue weighted by Crippen LogP contribution is -2.15. The third-order valence-corrected chi connectivity index (χ3v) is 2.67. The van der Waals surface area contributed by atoms with Crippen LogP contribution in [-0.2, 0) is 6.42 Å². The van der Waals surface area contributed by atoms with Gasteiger partial charge < -0.3 is 14.7 Å². The van der Waals surface area contributed by atoms with Crippen LogP contribution in [0.5, 0.6) is 0 Å². The Bertz CT molecular complexity index is 490. The van der Waals surface area contributed by atoms with Crippen molar-refractivity contribution in [3.63, 3.8) is 0 Å². The molecule has 0 aliphatic carbocycles. The van der Waals surface area contributed by atoms with Crippen LogP contribution in [0, 0.1) is 0 Å². The number of rotatable bonds is 5. The molecule has 0 aliphatic heterocycles. The van der Waals surface area contributed by atoms with Crippen molar-refractivity contribution in [1.29, 1.82) is 0 Å². The van der Waals surface area contributed by atoms with Gasteiger partial charge >= 0.3 is 0 Å². The second-order valence-corrected chi connectivity index (χ2v) is 4.40. The SMILES string of the molecule is CNc1ccc(-c2nc(CCN(C)C)no2)cc1. The smallest absolute Gasteiger partial charge is 0.257 e. The quantitative estimate of drug-likeness (QED) is 0.873. The van der Waals surface area contributed by atoms with Gasteiger partial charge in [0.15, 0.2) is 5.82 Å². The third kappa shape index (κ3) is 3.07. The molecule has 5 nitrogen and oxygen atoms in total. The molecule has 1 aromatic carbocycles. The second kappa shape index (κ2) is 5.64. The van der Waals surface area contributed by atoms with E-state index in [4.69, 9.17) is 4.52 Å². The van der Waals surface area contributed by atoms with Crippen LogP contribution >= 0.6 is 0 Å². The van der Waals surface area contributed by atoms with E-state index in [1.807, 2.05) is 45.4 Å². The molecule has 0 atom stereocenters. The van der Waals surface area contributed by atoms with Crippen LogP contribution in [0.2, 0.25) is 0 Å². The van der Waals surface area contributed by atoms with Gasteiger partial charge in [-0.1, -0.05) is 5.16 Å². The van der Waals surface area contributed by atoms with E-state index in [0.717, 1.165) is 30.0 Å². The first-order chi connectivity index (χ1) is 8.69. The summed E-state index contributed by atoms with van der Waals surface area (Å²) in [5, 5.41) is 7.05. The molecule has 5 heteroatoms. The molecule has 0 fully saturated rings. The van der Waals surface area contributed by atoms with Crippen LogP contribution in [0.15, 0.2) is 28.8 Å². The molecule has 0 saturated carbocycles.